The second kappa shape index (κ2) is 12.8. The lowest BCUT2D eigenvalue weighted by atomic mass is 10.2. The number of alkyl carbamates (subject to hydrolysis) is 1. The highest BCUT2D eigenvalue weighted by Gasteiger charge is 2.16. The van der Waals surface area contributed by atoms with Gasteiger partial charge in [-0.3, -0.25) is 9.97 Å². The first-order valence-electron chi connectivity index (χ1n) is 13.9. The predicted octanol–water partition coefficient (Wildman–Crippen LogP) is 6.78. The molecule has 0 atom stereocenters. The molecule has 4 heterocycles. The molecule has 0 aliphatic heterocycles. The lowest BCUT2D eigenvalue weighted by Gasteiger charge is -2.19. The van der Waals surface area contributed by atoms with Crippen molar-refractivity contribution in [2.24, 2.45) is 0 Å². The van der Waals surface area contributed by atoms with Crippen LogP contribution in [0.1, 0.15) is 32.2 Å². The lowest BCUT2D eigenvalue weighted by Crippen LogP contribution is -2.33. The van der Waals surface area contributed by atoms with Crippen molar-refractivity contribution in [3.63, 3.8) is 0 Å². The first kappa shape index (κ1) is 30.0. The minimum absolute atomic E-state index is 0.254. The van der Waals surface area contributed by atoms with Crippen LogP contribution < -0.4 is 5.32 Å². The van der Waals surface area contributed by atoms with E-state index >= 15 is 0 Å². The van der Waals surface area contributed by atoms with E-state index in [0.29, 0.717) is 18.6 Å². The number of carbonyl (C=O) groups excluding carboxylic acids is 1. The molecule has 9 nitrogen and oxygen atoms in total. The number of benzene rings is 2. The van der Waals surface area contributed by atoms with Gasteiger partial charge in [-0.15, -0.1) is 0 Å². The van der Waals surface area contributed by atoms with E-state index in [9.17, 15) is 13.6 Å². The van der Waals surface area contributed by atoms with Gasteiger partial charge in [0.1, 0.15) is 22.9 Å². The van der Waals surface area contributed by atoms with E-state index < -0.39 is 11.7 Å². The first-order valence-corrected chi connectivity index (χ1v) is 13.9. The third-order valence-electron chi connectivity index (χ3n) is 6.35. The molecule has 6 aromatic rings. The topological polar surface area (TPSA) is 98.7 Å². The largest absolute Gasteiger partial charge is 0.444 e. The van der Waals surface area contributed by atoms with Gasteiger partial charge in [-0.2, -0.15) is 0 Å². The van der Waals surface area contributed by atoms with E-state index in [-0.39, 0.29) is 11.6 Å². The monoisotopic (exact) mass is 595 g/mol. The van der Waals surface area contributed by atoms with Gasteiger partial charge in [-0.1, -0.05) is 6.58 Å². The third-order valence-corrected chi connectivity index (χ3v) is 6.35. The average Bonchev–Trinajstić information content (AvgIpc) is 3.63. The zero-order valence-electron chi connectivity index (χ0n) is 24.5. The highest BCUT2D eigenvalue weighted by Crippen LogP contribution is 2.22. The van der Waals surface area contributed by atoms with Crippen LogP contribution in [0, 0.1) is 11.6 Å². The molecule has 0 saturated heterocycles. The smallest absolute Gasteiger partial charge is 0.407 e. The Balaban J connectivity index is 0.000000186. The molecule has 0 aliphatic carbocycles. The van der Waals surface area contributed by atoms with Crippen molar-refractivity contribution in [1.82, 2.24) is 34.1 Å². The Morgan fingerprint density at radius 1 is 0.864 bits per heavy atom. The van der Waals surface area contributed by atoms with Crippen LogP contribution in [-0.4, -0.2) is 47.0 Å². The Labute approximate surface area is 252 Å². The number of carbonyl (C=O) groups is 1. The Morgan fingerprint density at radius 3 is 1.93 bits per heavy atom. The highest BCUT2D eigenvalue weighted by atomic mass is 19.1. The van der Waals surface area contributed by atoms with E-state index in [1.807, 2.05) is 48.2 Å². The van der Waals surface area contributed by atoms with Crippen molar-refractivity contribution in [3.8, 4) is 22.5 Å². The van der Waals surface area contributed by atoms with Gasteiger partial charge in [0.15, 0.2) is 11.3 Å². The van der Waals surface area contributed by atoms with Crippen LogP contribution in [0.2, 0.25) is 0 Å². The molecule has 0 fully saturated rings. The zero-order chi connectivity index (χ0) is 31.3. The van der Waals surface area contributed by atoms with E-state index in [0.717, 1.165) is 39.5 Å². The second-order valence-electron chi connectivity index (χ2n) is 10.8. The van der Waals surface area contributed by atoms with Crippen LogP contribution in [0.25, 0.3) is 39.9 Å². The van der Waals surface area contributed by atoms with Crippen molar-refractivity contribution >= 4 is 23.5 Å². The Hall–Kier alpha value is -5.45. The van der Waals surface area contributed by atoms with Crippen molar-refractivity contribution in [3.05, 3.63) is 115 Å². The molecule has 44 heavy (non-hydrogen) atoms. The number of hydrogen-bond acceptors (Lipinski definition) is 6. The number of fused-ring (bicyclic) bond motifs is 2. The first-order chi connectivity index (χ1) is 21.1. The Morgan fingerprint density at radius 2 is 1.39 bits per heavy atom. The fourth-order valence-corrected chi connectivity index (χ4v) is 4.35. The highest BCUT2D eigenvalue weighted by molar-refractivity contribution is 5.68. The summed E-state index contributed by atoms with van der Waals surface area (Å²) in [6, 6.07) is 12.4. The number of nitrogens with zero attached hydrogens (tertiary/aromatic N) is 6. The van der Waals surface area contributed by atoms with Crippen molar-refractivity contribution < 1.29 is 18.3 Å². The van der Waals surface area contributed by atoms with Gasteiger partial charge in [-0.25, -0.2) is 23.5 Å². The molecule has 1 N–H and O–H groups in total. The molecular weight excluding hydrogens is 564 g/mol. The zero-order valence-corrected chi connectivity index (χ0v) is 24.5. The summed E-state index contributed by atoms with van der Waals surface area (Å²) in [7, 11) is 0. The molecule has 0 aliphatic rings. The van der Waals surface area contributed by atoms with Gasteiger partial charge in [0.2, 0.25) is 0 Å². The van der Waals surface area contributed by atoms with Crippen LogP contribution in [-0.2, 0) is 11.2 Å². The van der Waals surface area contributed by atoms with Crippen LogP contribution in [0.3, 0.4) is 0 Å². The molecule has 0 bridgehead atoms. The molecule has 0 radical (unpaired) electrons. The number of rotatable bonds is 6. The predicted molar refractivity (Wildman–Crippen MR) is 165 cm³/mol. The molecule has 0 spiro atoms. The number of aromatic nitrogens is 6. The summed E-state index contributed by atoms with van der Waals surface area (Å²) < 4.78 is 34.9. The summed E-state index contributed by atoms with van der Waals surface area (Å²) in [5.74, 6) is -0.538. The molecule has 2 aromatic carbocycles. The molecule has 0 unspecified atom stereocenters. The van der Waals surface area contributed by atoms with Gasteiger partial charge >= 0.3 is 6.09 Å². The number of nitrogens with one attached hydrogen (secondary N) is 1. The van der Waals surface area contributed by atoms with Crippen LogP contribution in [0.4, 0.5) is 13.6 Å². The van der Waals surface area contributed by atoms with E-state index in [4.69, 9.17) is 4.74 Å². The SMILES string of the molecule is C=Cc1nccn2cc(-c3ccc(F)cc3)nc12.CC(C)(C)OC(=O)NCCc1nccn2cc(-c3ccc(F)cc3)nc12. The standard InChI is InChI=1S/C19H21FN4O2.C14H10FN3/c1-19(2,3)26-18(25)22-9-8-15-17-23-16(12-24(17)11-10-21-15)13-4-6-14(20)7-5-13;1-2-12-14-17-13(9-18(14)8-7-16-12)10-3-5-11(15)6-4-10/h4-7,10-12H,8-9H2,1-3H3,(H,22,25);2-9H,1H2. The summed E-state index contributed by atoms with van der Waals surface area (Å²) >= 11 is 0. The molecular formula is C33H31F2N7O2. The number of imidazole rings is 2. The number of amides is 1. The molecule has 6 rings (SSSR count). The third kappa shape index (κ3) is 7.30. The lowest BCUT2D eigenvalue weighted by molar-refractivity contribution is 0.0528. The molecule has 224 valence electrons. The fraction of sp³-hybridized carbons (Fsp3) is 0.182. The minimum atomic E-state index is -0.532. The van der Waals surface area contributed by atoms with E-state index in [2.05, 4.69) is 31.8 Å². The van der Waals surface area contributed by atoms with Crippen LogP contribution >= 0.6 is 0 Å². The van der Waals surface area contributed by atoms with Gasteiger partial charge in [0, 0.05) is 61.3 Å². The Kier molecular flexibility index (Phi) is 8.75. The fourth-order valence-electron chi connectivity index (χ4n) is 4.35. The summed E-state index contributed by atoms with van der Waals surface area (Å²) in [5, 5.41) is 2.72. The Bertz CT molecular complexity index is 1910. The summed E-state index contributed by atoms with van der Waals surface area (Å²) in [4.78, 5) is 29.4. The maximum absolute atomic E-state index is 13.1. The minimum Gasteiger partial charge on any atom is -0.444 e. The quantitative estimate of drug-likeness (QED) is 0.228. The van der Waals surface area contributed by atoms with Gasteiger partial charge in [0.05, 0.1) is 17.1 Å². The van der Waals surface area contributed by atoms with Crippen molar-refractivity contribution in [2.45, 2.75) is 32.8 Å². The number of hydrogen-bond donors (Lipinski definition) is 1. The number of ether oxygens (including phenoxy) is 1. The molecule has 4 aromatic heterocycles. The van der Waals surface area contributed by atoms with E-state index in [1.54, 1.807) is 48.9 Å². The average molecular weight is 596 g/mol. The van der Waals surface area contributed by atoms with Crippen molar-refractivity contribution in [1.29, 1.82) is 0 Å². The summed E-state index contributed by atoms with van der Waals surface area (Å²) in [5.41, 5.74) is 5.62. The normalized spacial score (nSPS) is 11.2. The maximum Gasteiger partial charge on any atom is 0.407 e. The maximum atomic E-state index is 13.1. The van der Waals surface area contributed by atoms with E-state index in [1.165, 1.54) is 24.3 Å². The van der Waals surface area contributed by atoms with Gasteiger partial charge < -0.3 is 18.9 Å². The van der Waals surface area contributed by atoms with Crippen molar-refractivity contribution in [2.75, 3.05) is 6.54 Å². The molecule has 11 heteroatoms. The molecule has 1 amide bonds. The van der Waals surface area contributed by atoms with Crippen LogP contribution in [0.15, 0.2) is 92.3 Å². The second-order valence-corrected chi connectivity index (χ2v) is 10.8. The van der Waals surface area contributed by atoms with Gasteiger partial charge in [-0.05, 0) is 75.4 Å². The van der Waals surface area contributed by atoms with Crippen LogP contribution in [0.5, 0.6) is 0 Å². The van der Waals surface area contributed by atoms with Gasteiger partial charge in [0.25, 0.3) is 0 Å². The summed E-state index contributed by atoms with van der Waals surface area (Å²) in [6.45, 7) is 9.55. The molecule has 0 saturated carbocycles. The summed E-state index contributed by atoms with van der Waals surface area (Å²) in [6.07, 6.45) is 12.5. The number of halogens is 2.